The molecular weight excluding hydrogens is 264 g/mol. The molecule has 0 aromatic heterocycles. The Labute approximate surface area is 118 Å². The van der Waals surface area contributed by atoms with Crippen LogP contribution in [-0.4, -0.2) is 55.0 Å². The molecule has 0 aliphatic rings. The van der Waals surface area contributed by atoms with Crippen molar-refractivity contribution in [2.75, 3.05) is 39.6 Å². The Bertz CT molecular complexity index is 369. The van der Waals surface area contributed by atoms with E-state index in [4.69, 9.17) is 24.4 Å². The smallest absolute Gasteiger partial charge is 0.119 e. The fourth-order valence-corrected chi connectivity index (χ4v) is 1.61. The van der Waals surface area contributed by atoms with Crippen LogP contribution >= 0.6 is 0 Å². The van der Waals surface area contributed by atoms with Gasteiger partial charge in [0.05, 0.1) is 46.2 Å². The lowest BCUT2D eigenvalue weighted by Gasteiger charge is -2.11. The van der Waals surface area contributed by atoms with Gasteiger partial charge in [-0.2, -0.15) is 0 Å². The van der Waals surface area contributed by atoms with Crippen molar-refractivity contribution in [3.05, 3.63) is 29.3 Å². The molecule has 0 spiro atoms. The maximum absolute atomic E-state index is 9.33. The van der Waals surface area contributed by atoms with Gasteiger partial charge in [-0.15, -0.1) is 0 Å². The Morgan fingerprint density at radius 2 is 1.55 bits per heavy atom. The van der Waals surface area contributed by atoms with Gasteiger partial charge in [0, 0.05) is 0 Å². The molecule has 0 aliphatic heterocycles. The van der Waals surface area contributed by atoms with Crippen molar-refractivity contribution in [3.63, 3.8) is 0 Å². The van der Waals surface area contributed by atoms with Crippen LogP contribution in [0.15, 0.2) is 18.2 Å². The first-order valence-corrected chi connectivity index (χ1v) is 6.54. The van der Waals surface area contributed by atoms with Gasteiger partial charge in [-0.1, -0.05) is 6.07 Å². The summed E-state index contributed by atoms with van der Waals surface area (Å²) in [6.45, 7) is 1.56. The molecule has 20 heavy (non-hydrogen) atoms. The van der Waals surface area contributed by atoms with E-state index in [0.29, 0.717) is 32.2 Å². The maximum Gasteiger partial charge on any atom is 0.119 e. The first kappa shape index (κ1) is 16.9. The summed E-state index contributed by atoms with van der Waals surface area (Å²) < 4.78 is 15.8. The van der Waals surface area contributed by atoms with Crippen molar-refractivity contribution in [3.8, 4) is 5.75 Å². The van der Waals surface area contributed by atoms with Crippen molar-refractivity contribution in [1.29, 1.82) is 0 Å². The van der Waals surface area contributed by atoms with Gasteiger partial charge in [-0.3, -0.25) is 0 Å². The molecule has 0 atom stereocenters. The summed E-state index contributed by atoms with van der Waals surface area (Å²) in [7, 11) is 0. The number of ether oxygens (including phenoxy) is 3. The molecule has 0 saturated carbocycles. The quantitative estimate of drug-likeness (QED) is 0.499. The molecule has 114 valence electrons. The van der Waals surface area contributed by atoms with Crippen LogP contribution in [0.4, 0.5) is 0 Å². The molecule has 6 nitrogen and oxygen atoms in total. The van der Waals surface area contributed by atoms with Crippen molar-refractivity contribution in [2.45, 2.75) is 13.2 Å². The summed E-state index contributed by atoms with van der Waals surface area (Å²) >= 11 is 0. The van der Waals surface area contributed by atoms with Gasteiger partial charge in [-0.05, 0) is 23.3 Å². The molecule has 0 aliphatic carbocycles. The van der Waals surface area contributed by atoms with Crippen LogP contribution in [0, 0.1) is 0 Å². The van der Waals surface area contributed by atoms with Crippen LogP contribution in [-0.2, 0) is 22.7 Å². The van der Waals surface area contributed by atoms with E-state index in [2.05, 4.69) is 0 Å². The zero-order chi connectivity index (χ0) is 14.6. The molecule has 0 fully saturated rings. The third-order valence-electron chi connectivity index (χ3n) is 2.57. The minimum absolute atomic E-state index is 0.00278. The van der Waals surface area contributed by atoms with E-state index in [1.54, 1.807) is 12.1 Å². The summed E-state index contributed by atoms with van der Waals surface area (Å²) in [5.41, 5.74) is 1.60. The van der Waals surface area contributed by atoms with E-state index in [1.165, 1.54) is 0 Å². The minimum Gasteiger partial charge on any atom is -0.491 e. The SMILES string of the molecule is OCCOCCOc1ccc(COCCO)c(CO)c1. The molecule has 6 heteroatoms. The highest BCUT2D eigenvalue weighted by Gasteiger charge is 2.04. The average molecular weight is 286 g/mol. The molecule has 1 aromatic carbocycles. The van der Waals surface area contributed by atoms with E-state index in [-0.39, 0.29) is 26.4 Å². The Morgan fingerprint density at radius 3 is 2.25 bits per heavy atom. The summed E-state index contributed by atoms with van der Waals surface area (Å²) in [6.07, 6.45) is 0. The highest BCUT2D eigenvalue weighted by molar-refractivity contribution is 5.35. The summed E-state index contributed by atoms with van der Waals surface area (Å²) in [4.78, 5) is 0. The number of rotatable bonds is 11. The highest BCUT2D eigenvalue weighted by atomic mass is 16.5. The molecule has 0 unspecified atom stereocenters. The monoisotopic (exact) mass is 286 g/mol. The number of hydrogen-bond acceptors (Lipinski definition) is 6. The van der Waals surface area contributed by atoms with Crippen LogP contribution in [0.1, 0.15) is 11.1 Å². The number of hydrogen-bond donors (Lipinski definition) is 3. The number of benzene rings is 1. The predicted octanol–water partition coefficient (Wildman–Crippen LogP) is 0.0755. The average Bonchev–Trinajstić information content (AvgIpc) is 2.48. The molecular formula is C14H22O6. The molecule has 0 amide bonds. The van der Waals surface area contributed by atoms with Gasteiger partial charge < -0.3 is 29.5 Å². The van der Waals surface area contributed by atoms with Crippen LogP contribution in [0.5, 0.6) is 5.75 Å². The predicted molar refractivity (Wildman–Crippen MR) is 72.5 cm³/mol. The summed E-state index contributed by atoms with van der Waals surface area (Å²) in [5.74, 6) is 0.646. The second kappa shape index (κ2) is 10.6. The molecule has 0 saturated heterocycles. The zero-order valence-corrected chi connectivity index (χ0v) is 11.5. The van der Waals surface area contributed by atoms with Crippen molar-refractivity contribution < 1.29 is 29.5 Å². The van der Waals surface area contributed by atoms with Gasteiger partial charge >= 0.3 is 0 Å². The Kier molecular flexibility index (Phi) is 8.93. The van der Waals surface area contributed by atoms with E-state index >= 15 is 0 Å². The lowest BCUT2D eigenvalue weighted by molar-refractivity contribution is 0.0703. The lowest BCUT2D eigenvalue weighted by atomic mass is 10.1. The van der Waals surface area contributed by atoms with Gasteiger partial charge in [0.25, 0.3) is 0 Å². The fourth-order valence-electron chi connectivity index (χ4n) is 1.61. The Morgan fingerprint density at radius 1 is 0.800 bits per heavy atom. The summed E-state index contributed by atoms with van der Waals surface area (Å²) in [5, 5.41) is 26.5. The number of aliphatic hydroxyl groups is 3. The van der Waals surface area contributed by atoms with E-state index in [0.717, 1.165) is 11.1 Å². The first-order chi connectivity index (χ1) is 9.81. The second-order valence-electron chi connectivity index (χ2n) is 4.05. The molecule has 1 rings (SSSR count). The van der Waals surface area contributed by atoms with Crippen LogP contribution in [0.25, 0.3) is 0 Å². The Hall–Kier alpha value is -1.18. The fraction of sp³-hybridized carbons (Fsp3) is 0.571. The molecule has 1 aromatic rings. The lowest BCUT2D eigenvalue weighted by Crippen LogP contribution is -2.09. The normalized spacial score (nSPS) is 10.8. The Balaban J connectivity index is 2.45. The third-order valence-corrected chi connectivity index (χ3v) is 2.57. The molecule has 0 bridgehead atoms. The largest absolute Gasteiger partial charge is 0.491 e. The molecule has 3 N–H and O–H groups in total. The van der Waals surface area contributed by atoms with Crippen molar-refractivity contribution in [1.82, 2.24) is 0 Å². The van der Waals surface area contributed by atoms with Gasteiger partial charge in [0.15, 0.2) is 0 Å². The minimum atomic E-state index is -0.101. The number of aliphatic hydroxyl groups excluding tert-OH is 3. The van der Waals surface area contributed by atoms with Crippen LogP contribution in [0.3, 0.4) is 0 Å². The second-order valence-corrected chi connectivity index (χ2v) is 4.05. The highest BCUT2D eigenvalue weighted by Crippen LogP contribution is 2.19. The summed E-state index contributed by atoms with van der Waals surface area (Å²) in [6, 6.07) is 5.37. The topological polar surface area (TPSA) is 88.4 Å². The molecule has 0 radical (unpaired) electrons. The first-order valence-electron chi connectivity index (χ1n) is 6.54. The molecule has 0 heterocycles. The van der Waals surface area contributed by atoms with Crippen LogP contribution < -0.4 is 4.74 Å². The van der Waals surface area contributed by atoms with Crippen molar-refractivity contribution >= 4 is 0 Å². The van der Waals surface area contributed by atoms with Crippen molar-refractivity contribution in [2.24, 2.45) is 0 Å². The van der Waals surface area contributed by atoms with Gasteiger partial charge in [0.1, 0.15) is 12.4 Å². The van der Waals surface area contributed by atoms with Gasteiger partial charge in [0.2, 0.25) is 0 Å². The van der Waals surface area contributed by atoms with E-state index in [1.807, 2.05) is 6.07 Å². The standard InChI is InChI=1S/C14H22O6/c15-3-5-18-7-8-20-14-2-1-12(11-19-6-4-16)13(9-14)10-17/h1-2,9,15-17H,3-8,10-11H2. The van der Waals surface area contributed by atoms with Crippen LogP contribution in [0.2, 0.25) is 0 Å². The third kappa shape index (κ3) is 6.31. The zero-order valence-electron chi connectivity index (χ0n) is 11.5. The van der Waals surface area contributed by atoms with E-state index in [9.17, 15) is 5.11 Å². The maximum atomic E-state index is 9.33. The van der Waals surface area contributed by atoms with Gasteiger partial charge in [-0.25, -0.2) is 0 Å². The van der Waals surface area contributed by atoms with E-state index < -0.39 is 0 Å².